The molecular weight excluding hydrogens is 364 g/mol. The number of esters is 1. The number of benzene rings is 1. The number of aromatic nitrogens is 4. The van der Waals surface area contributed by atoms with Crippen molar-refractivity contribution in [2.24, 2.45) is 0 Å². The number of carbonyl (C=O) groups excluding carboxylic acids is 1. The summed E-state index contributed by atoms with van der Waals surface area (Å²) in [5.74, 6) is 1.09. The van der Waals surface area contributed by atoms with Gasteiger partial charge in [0.25, 0.3) is 0 Å². The van der Waals surface area contributed by atoms with Crippen molar-refractivity contribution in [2.75, 3.05) is 6.61 Å². The summed E-state index contributed by atoms with van der Waals surface area (Å²) in [7, 11) is 0. The van der Waals surface area contributed by atoms with Gasteiger partial charge in [-0.05, 0) is 38.0 Å². The van der Waals surface area contributed by atoms with Crippen molar-refractivity contribution >= 4 is 17.6 Å². The number of hydrogen-bond acceptors (Lipinski definition) is 5. The molecule has 2 aromatic heterocycles. The summed E-state index contributed by atoms with van der Waals surface area (Å²) < 4.78 is 7.39. The Morgan fingerprint density at radius 3 is 2.93 bits per heavy atom. The molecule has 7 heteroatoms. The van der Waals surface area contributed by atoms with Gasteiger partial charge in [-0.2, -0.15) is 0 Å². The first-order valence-corrected chi connectivity index (χ1v) is 9.43. The molecule has 0 bridgehead atoms. The van der Waals surface area contributed by atoms with E-state index < -0.39 is 5.97 Å². The summed E-state index contributed by atoms with van der Waals surface area (Å²) in [4.78, 5) is 25.9. The van der Waals surface area contributed by atoms with Crippen molar-refractivity contribution in [1.82, 2.24) is 19.5 Å². The van der Waals surface area contributed by atoms with E-state index in [0.717, 1.165) is 46.9 Å². The molecule has 1 fully saturated rings. The molecule has 0 N–H and O–H groups in total. The van der Waals surface area contributed by atoms with E-state index in [1.807, 2.05) is 24.4 Å². The van der Waals surface area contributed by atoms with Crippen LogP contribution in [0.5, 0.6) is 0 Å². The SMILES string of the molecule is CCOC(=O)c1ncnc2c1Cc1cnc(C3CC3)n1-c1cc(Cl)ccc1-2. The van der Waals surface area contributed by atoms with E-state index >= 15 is 0 Å². The van der Waals surface area contributed by atoms with Crippen LogP contribution >= 0.6 is 11.6 Å². The quantitative estimate of drug-likeness (QED) is 0.503. The number of ether oxygens (including phenoxy) is 1. The predicted molar refractivity (Wildman–Crippen MR) is 100 cm³/mol. The average molecular weight is 381 g/mol. The Kier molecular flexibility index (Phi) is 3.75. The Morgan fingerprint density at radius 2 is 2.15 bits per heavy atom. The number of imidazole rings is 1. The van der Waals surface area contributed by atoms with E-state index in [0.29, 0.717) is 29.7 Å². The normalized spacial score (nSPS) is 14.7. The standard InChI is InChI=1S/C20H17ClN4O2/c1-2-27-20(26)18-15-8-13-9-22-19(11-3-4-11)25(13)16-7-12(21)5-6-14(16)17(15)23-10-24-18/h5-7,9-11H,2-4,8H2,1H3. The first-order chi connectivity index (χ1) is 13.2. The highest BCUT2D eigenvalue weighted by Gasteiger charge is 2.33. The van der Waals surface area contributed by atoms with E-state index in [-0.39, 0.29) is 0 Å². The van der Waals surface area contributed by atoms with E-state index in [1.54, 1.807) is 6.92 Å². The molecule has 3 heterocycles. The number of carbonyl (C=O) groups is 1. The molecule has 0 unspecified atom stereocenters. The zero-order valence-electron chi connectivity index (χ0n) is 14.8. The summed E-state index contributed by atoms with van der Waals surface area (Å²) in [6.45, 7) is 2.08. The fourth-order valence-electron chi connectivity index (χ4n) is 3.69. The van der Waals surface area contributed by atoms with E-state index in [9.17, 15) is 4.79 Å². The van der Waals surface area contributed by atoms with Gasteiger partial charge in [0.05, 0.1) is 18.0 Å². The number of nitrogens with zero attached hydrogens (tertiary/aromatic N) is 4. The summed E-state index contributed by atoms with van der Waals surface area (Å²) in [5, 5.41) is 0.651. The van der Waals surface area contributed by atoms with E-state index in [4.69, 9.17) is 16.3 Å². The van der Waals surface area contributed by atoms with Gasteiger partial charge in [0.15, 0.2) is 5.69 Å². The Balaban J connectivity index is 1.79. The summed E-state index contributed by atoms with van der Waals surface area (Å²) in [6.07, 6.45) is 6.11. The molecule has 1 aromatic carbocycles. The topological polar surface area (TPSA) is 69.9 Å². The molecule has 1 aliphatic heterocycles. The fourth-order valence-corrected chi connectivity index (χ4v) is 3.86. The van der Waals surface area contributed by atoms with Crippen LogP contribution < -0.4 is 0 Å². The van der Waals surface area contributed by atoms with Gasteiger partial charge in [-0.3, -0.25) is 4.57 Å². The van der Waals surface area contributed by atoms with Gasteiger partial charge in [-0.15, -0.1) is 0 Å². The molecule has 0 atom stereocenters. The summed E-state index contributed by atoms with van der Waals surface area (Å²) in [5.41, 5.74) is 4.68. The van der Waals surface area contributed by atoms with Crippen LogP contribution in [0.1, 0.15) is 53.3 Å². The molecule has 5 rings (SSSR count). The molecule has 0 saturated heterocycles. The van der Waals surface area contributed by atoms with Crippen molar-refractivity contribution in [3.63, 3.8) is 0 Å². The first-order valence-electron chi connectivity index (χ1n) is 9.05. The van der Waals surface area contributed by atoms with Crippen LogP contribution in [0, 0.1) is 0 Å². The van der Waals surface area contributed by atoms with Gasteiger partial charge < -0.3 is 4.74 Å². The van der Waals surface area contributed by atoms with Crippen molar-refractivity contribution < 1.29 is 9.53 Å². The molecule has 0 amide bonds. The van der Waals surface area contributed by atoms with Crippen LogP contribution in [0.2, 0.25) is 5.02 Å². The number of fused-ring (bicyclic) bond motifs is 5. The van der Waals surface area contributed by atoms with Crippen LogP contribution in [0.15, 0.2) is 30.7 Å². The third-order valence-electron chi connectivity index (χ3n) is 5.03. The smallest absolute Gasteiger partial charge is 0.357 e. The molecule has 27 heavy (non-hydrogen) atoms. The molecule has 6 nitrogen and oxygen atoms in total. The predicted octanol–water partition coefficient (Wildman–Crippen LogP) is 3.94. The molecule has 0 radical (unpaired) electrons. The molecule has 2 aliphatic rings. The van der Waals surface area contributed by atoms with Crippen LogP contribution in [0.3, 0.4) is 0 Å². The van der Waals surface area contributed by atoms with Gasteiger partial charge in [0.2, 0.25) is 0 Å². The summed E-state index contributed by atoms with van der Waals surface area (Å²) in [6, 6.07) is 5.73. The molecular formula is C20H17ClN4O2. The molecule has 0 spiro atoms. The first kappa shape index (κ1) is 16.4. The fraction of sp³-hybridized carbons (Fsp3) is 0.300. The zero-order valence-corrected chi connectivity index (χ0v) is 15.5. The minimum absolute atomic E-state index is 0.299. The lowest BCUT2D eigenvalue weighted by Gasteiger charge is -2.13. The zero-order chi connectivity index (χ0) is 18.5. The third kappa shape index (κ3) is 2.63. The Hall–Kier alpha value is -2.73. The summed E-state index contributed by atoms with van der Waals surface area (Å²) >= 11 is 6.32. The van der Waals surface area contributed by atoms with Gasteiger partial charge in [0.1, 0.15) is 12.2 Å². The van der Waals surface area contributed by atoms with Crippen LogP contribution in [-0.4, -0.2) is 32.1 Å². The maximum Gasteiger partial charge on any atom is 0.357 e. The van der Waals surface area contributed by atoms with E-state index in [1.165, 1.54) is 6.33 Å². The minimum Gasteiger partial charge on any atom is -0.461 e. The molecule has 1 saturated carbocycles. The van der Waals surface area contributed by atoms with Crippen molar-refractivity contribution in [3.05, 3.63) is 58.5 Å². The lowest BCUT2D eigenvalue weighted by molar-refractivity contribution is 0.0518. The number of hydrogen-bond donors (Lipinski definition) is 0. The monoisotopic (exact) mass is 380 g/mol. The van der Waals surface area contributed by atoms with Crippen LogP contribution in [-0.2, 0) is 11.2 Å². The van der Waals surface area contributed by atoms with Crippen molar-refractivity contribution in [2.45, 2.75) is 32.1 Å². The lowest BCUT2D eigenvalue weighted by atomic mass is 10.0. The highest BCUT2D eigenvalue weighted by molar-refractivity contribution is 6.30. The Labute approximate surface area is 161 Å². The van der Waals surface area contributed by atoms with Gasteiger partial charge in [-0.1, -0.05) is 11.6 Å². The Bertz CT molecular complexity index is 1070. The van der Waals surface area contributed by atoms with Gasteiger partial charge >= 0.3 is 5.97 Å². The number of rotatable bonds is 3. The molecule has 3 aromatic rings. The second kappa shape index (κ2) is 6.16. The molecule has 136 valence electrons. The highest BCUT2D eigenvalue weighted by atomic mass is 35.5. The number of halogens is 1. The Morgan fingerprint density at radius 1 is 1.30 bits per heavy atom. The lowest BCUT2D eigenvalue weighted by Crippen LogP contribution is -2.12. The second-order valence-electron chi connectivity index (χ2n) is 6.83. The van der Waals surface area contributed by atoms with Crippen molar-refractivity contribution in [3.8, 4) is 16.9 Å². The molecule has 1 aliphatic carbocycles. The average Bonchev–Trinajstić information content (AvgIpc) is 3.44. The van der Waals surface area contributed by atoms with Gasteiger partial charge in [-0.25, -0.2) is 19.7 Å². The minimum atomic E-state index is -0.429. The van der Waals surface area contributed by atoms with Crippen LogP contribution in [0.25, 0.3) is 16.9 Å². The maximum absolute atomic E-state index is 12.5. The van der Waals surface area contributed by atoms with Gasteiger partial charge in [0, 0.05) is 40.4 Å². The maximum atomic E-state index is 12.5. The van der Waals surface area contributed by atoms with E-state index in [2.05, 4.69) is 19.5 Å². The highest BCUT2D eigenvalue weighted by Crippen LogP contribution is 2.44. The second-order valence-corrected chi connectivity index (χ2v) is 7.26. The van der Waals surface area contributed by atoms with Crippen molar-refractivity contribution in [1.29, 1.82) is 0 Å². The third-order valence-corrected chi connectivity index (χ3v) is 5.27. The largest absolute Gasteiger partial charge is 0.461 e. The van der Waals surface area contributed by atoms with Crippen LogP contribution in [0.4, 0.5) is 0 Å².